The second kappa shape index (κ2) is 4.74. The number of hydrogen-bond donors (Lipinski definition) is 2. The SMILES string of the molecule is CC(C)(C)c1cc(Nc2nc(Cl)nc3c2CCC3)n[nH]1. The molecule has 2 aromatic heterocycles. The van der Waals surface area contributed by atoms with Crippen LogP contribution in [-0.4, -0.2) is 20.2 Å². The van der Waals surface area contributed by atoms with E-state index in [9.17, 15) is 0 Å². The predicted molar refractivity (Wildman–Crippen MR) is 79.6 cm³/mol. The van der Waals surface area contributed by atoms with Crippen molar-refractivity contribution in [1.29, 1.82) is 0 Å². The van der Waals surface area contributed by atoms with Gasteiger partial charge in [-0.05, 0) is 30.9 Å². The molecule has 0 radical (unpaired) electrons. The Morgan fingerprint density at radius 2 is 2.05 bits per heavy atom. The van der Waals surface area contributed by atoms with Gasteiger partial charge >= 0.3 is 0 Å². The molecule has 0 bridgehead atoms. The Hall–Kier alpha value is -1.62. The van der Waals surface area contributed by atoms with Gasteiger partial charge in [0.1, 0.15) is 5.82 Å². The fourth-order valence-corrected chi connectivity index (χ4v) is 2.58. The monoisotopic (exact) mass is 291 g/mol. The van der Waals surface area contributed by atoms with Crippen LogP contribution in [0.1, 0.15) is 44.1 Å². The molecule has 0 aliphatic heterocycles. The zero-order valence-corrected chi connectivity index (χ0v) is 12.7. The van der Waals surface area contributed by atoms with Crippen LogP contribution in [0, 0.1) is 0 Å². The van der Waals surface area contributed by atoms with E-state index in [1.54, 1.807) is 0 Å². The Morgan fingerprint density at radius 3 is 2.75 bits per heavy atom. The number of aromatic nitrogens is 4. The van der Waals surface area contributed by atoms with Crippen LogP contribution in [0.4, 0.5) is 11.6 Å². The molecular weight excluding hydrogens is 274 g/mol. The smallest absolute Gasteiger partial charge is 0.224 e. The van der Waals surface area contributed by atoms with Crippen LogP contribution >= 0.6 is 11.6 Å². The van der Waals surface area contributed by atoms with Crippen molar-refractivity contribution in [2.45, 2.75) is 45.4 Å². The lowest BCUT2D eigenvalue weighted by molar-refractivity contribution is 0.567. The van der Waals surface area contributed by atoms with Gasteiger partial charge in [0.05, 0.1) is 5.69 Å². The third-order valence-electron chi connectivity index (χ3n) is 3.54. The lowest BCUT2D eigenvalue weighted by Gasteiger charge is -2.14. The minimum Gasteiger partial charge on any atom is -0.323 e. The standard InChI is InChI=1S/C14H18ClN5/c1-14(2,3)10-7-11(20-19-10)17-12-8-5-4-6-9(8)16-13(15)18-12/h7H,4-6H2,1-3H3,(H2,16,17,18,19,20). The summed E-state index contributed by atoms with van der Waals surface area (Å²) in [5, 5.41) is 10.9. The van der Waals surface area contributed by atoms with E-state index in [0.717, 1.165) is 47.8 Å². The summed E-state index contributed by atoms with van der Waals surface area (Å²) < 4.78 is 0. The third kappa shape index (κ3) is 2.50. The molecule has 3 rings (SSSR count). The summed E-state index contributed by atoms with van der Waals surface area (Å²) in [6.45, 7) is 6.43. The van der Waals surface area contributed by atoms with E-state index in [1.807, 2.05) is 6.07 Å². The molecule has 0 spiro atoms. The molecule has 0 atom stereocenters. The maximum atomic E-state index is 5.98. The first-order valence-corrected chi connectivity index (χ1v) is 7.19. The van der Waals surface area contributed by atoms with Crippen molar-refractivity contribution in [1.82, 2.24) is 20.2 Å². The van der Waals surface area contributed by atoms with Crippen LogP contribution in [0.25, 0.3) is 0 Å². The zero-order chi connectivity index (χ0) is 14.3. The summed E-state index contributed by atoms with van der Waals surface area (Å²) in [5.41, 5.74) is 3.34. The van der Waals surface area contributed by atoms with Gasteiger partial charge in [0, 0.05) is 22.7 Å². The van der Waals surface area contributed by atoms with Crippen LogP contribution in [-0.2, 0) is 18.3 Å². The number of rotatable bonds is 2. The molecule has 1 aliphatic rings. The predicted octanol–water partition coefficient (Wildman–Crippen LogP) is 3.38. The highest BCUT2D eigenvalue weighted by atomic mass is 35.5. The highest BCUT2D eigenvalue weighted by molar-refractivity contribution is 6.28. The van der Waals surface area contributed by atoms with Crippen LogP contribution in [0.15, 0.2) is 6.07 Å². The Balaban J connectivity index is 1.90. The van der Waals surface area contributed by atoms with E-state index in [4.69, 9.17) is 11.6 Å². The molecule has 5 nitrogen and oxygen atoms in total. The summed E-state index contributed by atoms with van der Waals surface area (Å²) in [7, 11) is 0. The molecule has 0 fully saturated rings. The Morgan fingerprint density at radius 1 is 1.25 bits per heavy atom. The van der Waals surface area contributed by atoms with Crippen molar-refractivity contribution in [2.24, 2.45) is 0 Å². The quantitative estimate of drug-likeness (QED) is 0.833. The minimum absolute atomic E-state index is 0.0399. The fourth-order valence-electron chi connectivity index (χ4n) is 2.40. The number of hydrogen-bond acceptors (Lipinski definition) is 4. The van der Waals surface area contributed by atoms with Crippen LogP contribution in [0.5, 0.6) is 0 Å². The molecule has 0 saturated heterocycles. The number of H-pyrrole nitrogens is 1. The normalized spacial score (nSPS) is 14.4. The Bertz CT molecular complexity index is 641. The summed E-state index contributed by atoms with van der Waals surface area (Å²) in [5.74, 6) is 1.54. The average Bonchev–Trinajstić information content (AvgIpc) is 2.95. The number of nitrogens with one attached hydrogen (secondary N) is 2. The van der Waals surface area contributed by atoms with Gasteiger partial charge in [0.2, 0.25) is 5.28 Å². The van der Waals surface area contributed by atoms with Crippen molar-refractivity contribution >= 4 is 23.2 Å². The van der Waals surface area contributed by atoms with Gasteiger partial charge in [-0.2, -0.15) is 5.10 Å². The van der Waals surface area contributed by atoms with Gasteiger partial charge in [0.25, 0.3) is 0 Å². The summed E-state index contributed by atoms with van der Waals surface area (Å²) in [6, 6.07) is 2.01. The number of halogens is 1. The molecule has 20 heavy (non-hydrogen) atoms. The topological polar surface area (TPSA) is 66.5 Å². The van der Waals surface area contributed by atoms with Crippen LogP contribution < -0.4 is 5.32 Å². The van der Waals surface area contributed by atoms with Gasteiger partial charge in [-0.3, -0.25) is 5.10 Å². The zero-order valence-electron chi connectivity index (χ0n) is 11.9. The largest absolute Gasteiger partial charge is 0.323 e. The van der Waals surface area contributed by atoms with Gasteiger partial charge in [0.15, 0.2) is 5.82 Å². The van der Waals surface area contributed by atoms with E-state index in [-0.39, 0.29) is 5.41 Å². The first-order valence-electron chi connectivity index (χ1n) is 6.82. The summed E-state index contributed by atoms with van der Waals surface area (Å²) in [6.07, 6.45) is 3.07. The van der Waals surface area contributed by atoms with Gasteiger partial charge in [-0.1, -0.05) is 20.8 Å². The molecule has 2 N–H and O–H groups in total. The number of nitrogens with zero attached hydrogens (tertiary/aromatic N) is 3. The maximum absolute atomic E-state index is 5.98. The molecule has 2 heterocycles. The molecule has 0 unspecified atom stereocenters. The highest BCUT2D eigenvalue weighted by Gasteiger charge is 2.21. The van der Waals surface area contributed by atoms with Crippen molar-refractivity contribution < 1.29 is 0 Å². The molecule has 6 heteroatoms. The Labute approximate surface area is 123 Å². The average molecular weight is 292 g/mol. The second-order valence-electron chi connectivity index (χ2n) is 6.16. The van der Waals surface area contributed by atoms with Gasteiger partial charge in [-0.25, -0.2) is 9.97 Å². The van der Waals surface area contributed by atoms with Crippen molar-refractivity contribution in [3.8, 4) is 0 Å². The number of aromatic amines is 1. The lowest BCUT2D eigenvalue weighted by Crippen LogP contribution is -2.11. The minimum atomic E-state index is 0.0399. The number of anilines is 2. The second-order valence-corrected chi connectivity index (χ2v) is 6.50. The summed E-state index contributed by atoms with van der Waals surface area (Å²) in [4.78, 5) is 8.59. The summed E-state index contributed by atoms with van der Waals surface area (Å²) >= 11 is 5.98. The molecule has 0 aromatic carbocycles. The van der Waals surface area contributed by atoms with Crippen molar-refractivity contribution in [3.05, 3.63) is 28.3 Å². The van der Waals surface area contributed by atoms with Crippen LogP contribution in [0.3, 0.4) is 0 Å². The van der Waals surface area contributed by atoms with E-state index < -0.39 is 0 Å². The van der Waals surface area contributed by atoms with Crippen LogP contribution in [0.2, 0.25) is 5.28 Å². The first-order chi connectivity index (χ1) is 9.43. The fraction of sp³-hybridized carbons (Fsp3) is 0.500. The van der Waals surface area contributed by atoms with E-state index in [2.05, 4.69) is 46.3 Å². The number of fused-ring (bicyclic) bond motifs is 1. The third-order valence-corrected chi connectivity index (χ3v) is 3.71. The van der Waals surface area contributed by atoms with Crippen molar-refractivity contribution in [2.75, 3.05) is 5.32 Å². The van der Waals surface area contributed by atoms with E-state index in [1.165, 1.54) is 0 Å². The highest BCUT2D eigenvalue weighted by Crippen LogP contribution is 2.30. The van der Waals surface area contributed by atoms with Gasteiger partial charge in [-0.15, -0.1) is 0 Å². The molecule has 1 aliphatic carbocycles. The van der Waals surface area contributed by atoms with Crippen molar-refractivity contribution in [3.63, 3.8) is 0 Å². The first kappa shape index (κ1) is 13.4. The Kier molecular flexibility index (Phi) is 3.17. The molecular formula is C14H18ClN5. The van der Waals surface area contributed by atoms with Gasteiger partial charge < -0.3 is 5.32 Å². The number of aryl methyl sites for hydroxylation is 1. The molecule has 2 aromatic rings. The van der Waals surface area contributed by atoms with E-state index in [0.29, 0.717) is 5.28 Å². The van der Waals surface area contributed by atoms with E-state index >= 15 is 0 Å². The molecule has 0 saturated carbocycles. The lowest BCUT2D eigenvalue weighted by atomic mass is 9.92. The maximum Gasteiger partial charge on any atom is 0.224 e. The molecule has 106 valence electrons. The molecule has 0 amide bonds.